The summed E-state index contributed by atoms with van der Waals surface area (Å²) in [6.45, 7) is 2.63. The van der Waals surface area contributed by atoms with Crippen molar-refractivity contribution in [2.45, 2.75) is 25.6 Å². The van der Waals surface area contributed by atoms with Gasteiger partial charge in [0, 0.05) is 22.6 Å². The lowest BCUT2D eigenvalue weighted by atomic mass is 9.97. The number of rotatable bonds is 4. The van der Waals surface area contributed by atoms with Gasteiger partial charge in [0.2, 0.25) is 6.23 Å². The molecule has 0 radical (unpaired) electrons. The molecule has 4 nitrogen and oxygen atoms in total. The van der Waals surface area contributed by atoms with Crippen molar-refractivity contribution in [3.63, 3.8) is 0 Å². The minimum absolute atomic E-state index is 0.108. The van der Waals surface area contributed by atoms with Gasteiger partial charge in [0.1, 0.15) is 11.5 Å². The second-order valence-corrected chi connectivity index (χ2v) is 8.16. The summed E-state index contributed by atoms with van der Waals surface area (Å²) in [4.78, 5) is 1.20. The van der Waals surface area contributed by atoms with Crippen LogP contribution in [0.25, 0.3) is 0 Å². The maximum atomic E-state index is 6.38. The molecule has 5 rings (SSSR count). The molecule has 2 atom stereocenters. The van der Waals surface area contributed by atoms with Gasteiger partial charge >= 0.3 is 0 Å². The highest BCUT2D eigenvalue weighted by molar-refractivity contribution is 7.12. The number of hydrogen-bond acceptors (Lipinski definition) is 5. The van der Waals surface area contributed by atoms with Crippen LogP contribution < -0.4 is 9.47 Å². The fourth-order valence-electron chi connectivity index (χ4n) is 3.76. The molecule has 2 unspecified atom stereocenters. The summed E-state index contributed by atoms with van der Waals surface area (Å²) in [6, 6.07) is 18.2. The molecule has 3 aromatic rings. The molecule has 0 bridgehead atoms. The SMILES string of the molecule is CCOc1ccc(C2Oc3ccc(Cl)cc3C3CC(c4cccs4)=NN32)cc1. The standard InChI is InChI=1S/C22H19ClN2O2S/c1-2-26-16-8-5-14(6-9-16)22-25-19(13-18(24-25)21-4-3-11-28-21)17-12-15(23)7-10-20(17)27-22/h3-12,19,22H,2,13H2,1H3. The van der Waals surface area contributed by atoms with E-state index in [4.69, 9.17) is 26.2 Å². The Labute approximate surface area is 173 Å². The predicted octanol–water partition coefficient (Wildman–Crippen LogP) is 6.04. The van der Waals surface area contributed by atoms with Gasteiger partial charge in [0.25, 0.3) is 0 Å². The topological polar surface area (TPSA) is 34.1 Å². The average molecular weight is 411 g/mol. The summed E-state index contributed by atoms with van der Waals surface area (Å²) in [6.07, 6.45) is 0.553. The molecule has 0 saturated carbocycles. The molecule has 2 aliphatic heterocycles. The van der Waals surface area contributed by atoms with Crippen molar-refractivity contribution in [1.82, 2.24) is 5.01 Å². The highest BCUT2D eigenvalue weighted by Gasteiger charge is 2.41. The first kappa shape index (κ1) is 17.6. The predicted molar refractivity (Wildman–Crippen MR) is 112 cm³/mol. The molecule has 0 amide bonds. The van der Waals surface area contributed by atoms with Crippen LogP contribution in [-0.2, 0) is 0 Å². The summed E-state index contributed by atoms with van der Waals surface area (Å²) in [5.41, 5.74) is 3.22. The van der Waals surface area contributed by atoms with Gasteiger partial charge in [0.05, 0.1) is 23.2 Å². The van der Waals surface area contributed by atoms with Crippen molar-refractivity contribution in [3.8, 4) is 11.5 Å². The largest absolute Gasteiger partial charge is 0.494 e. The Kier molecular flexibility index (Phi) is 4.49. The van der Waals surface area contributed by atoms with Crippen molar-refractivity contribution < 1.29 is 9.47 Å². The molecule has 6 heteroatoms. The number of ether oxygens (including phenoxy) is 2. The third kappa shape index (κ3) is 3.05. The summed E-state index contributed by atoms with van der Waals surface area (Å²) < 4.78 is 12.0. The molecule has 0 N–H and O–H groups in total. The number of thiophene rings is 1. The first-order valence-corrected chi connectivity index (χ1v) is 10.6. The van der Waals surface area contributed by atoms with E-state index in [1.54, 1.807) is 11.3 Å². The van der Waals surface area contributed by atoms with Crippen molar-refractivity contribution >= 4 is 28.6 Å². The average Bonchev–Trinajstić information content (AvgIpc) is 3.38. The Morgan fingerprint density at radius 2 is 2.07 bits per heavy atom. The number of hydrazone groups is 1. The van der Waals surface area contributed by atoms with Crippen LogP contribution >= 0.6 is 22.9 Å². The molecule has 0 fully saturated rings. The fourth-order valence-corrected chi connectivity index (χ4v) is 4.67. The normalized spacial score (nSPS) is 20.2. The van der Waals surface area contributed by atoms with Crippen LogP contribution in [0.5, 0.6) is 11.5 Å². The molecule has 1 aromatic heterocycles. The molecule has 2 aromatic carbocycles. The van der Waals surface area contributed by atoms with Crippen molar-refractivity contribution in [2.75, 3.05) is 6.61 Å². The minimum atomic E-state index is -0.285. The maximum Gasteiger partial charge on any atom is 0.213 e. The second kappa shape index (κ2) is 7.15. The molecule has 28 heavy (non-hydrogen) atoms. The zero-order valence-corrected chi connectivity index (χ0v) is 16.9. The number of halogens is 1. The van der Waals surface area contributed by atoms with Gasteiger partial charge < -0.3 is 9.47 Å². The van der Waals surface area contributed by atoms with Gasteiger partial charge in [0.15, 0.2) is 0 Å². The van der Waals surface area contributed by atoms with Gasteiger partial charge in [-0.2, -0.15) is 5.10 Å². The van der Waals surface area contributed by atoms with Crippen molar-refractivity contribution in [1.29, 1.82) is 0 Å². The van der Waals surface area contributed by atoms with E-state index in [9.17, 15) is 0 Å². The van der Waals surface area contributed by atoms with Gasteiger partial charge in [-0.1, -0.05) is 17.7 Å². The Balaban J connectivity index is 1.55. The second-order valence-electron chi connectivity index (χ2n) is 6.78. The van der Waals surface area contributed by atoms with Gasteiger partial charge in [-0.05, 0) is 60.8 Å². The van der Waals surface area contributed by atoms with Crippen LogP contribution in [-0.4, -0.2) is 17.3 Å². The van der Waals surface area contributed by atoms with E-state index in [0.29, 0.717) is 11.6 Å². The quantitative estimate of drug-likeness (QED) is 0.525. The number of benzene rings is 2. The van der Waals surface area contributed by atoms with E-state index in [1.807, 2.05) is 49.4 Å². The van der Waals surface area contributed by atoms with Crippen LogP contribution in [0.4, 0.5) is 0 Å². The molecule has 0 saturated heterocycles. The van der Waals surface area contributed by atoms with Crippen LogP contribution in [0.1, 0.15) is 41.6 Å². The van der Waals surface area contributed by atoms with Crippen LogP contribution in [0.2, 0.25) is 5.02 Å². The summed E-state index contributed by atoms with van der Waals surface area (Å²) in [5.74, 6) is 1.72. The molecule has 3 heterocycles. The lowest BCUT2D eigenvalue weighted by Gasteiger charge is -2.38. The van der Waals surface area contributed by atoms with E-state index in [0.717, 1.165) is 34.8 Å². The maximum absolute atomic E-state index is 6.38. The van der Waals surface area contributed by atoms with Crippen molar-refractivity contribution in [2.24, 2.45) is 5.10 Å². The van der Waals surface area contributed by atoms with Crippen LogP contribution in [0.3, 0.4) is 0 Å². The Bertz CT molecular complexity index is 1020. The van der Waals surface area contributed by atoms with E-state index >= 15 is 0 Å². The smallest absolute Gasteiger partial charge is 0.213 e. The minimum Gasteiger partial charge on any atom is -0.494 e. The fraction of sp³-hybridized carbons (Fsp3) is 0.227. The van der Waals surface area contributed by atoms with Crippen LogP contribution in [0.15, 0.2) is 65.1 Å². The van der Waals surface area contributed by atoms with E-state index in [-0.39, 0.29) is 12.3 Å². The molecule has 142 valence electrons. The van der Waals surface area contributed by atoms with Crippen molar-refractivity contribution in [3.05, 3.63) is 81.0 Å². The molecule has 0 spiro atoms. The van der Waals surface area contributed by atoms with Crippen LogP contribution in [0, 0.1) is 0 Å². The highest BCUT2D eigenvalue weighted by atomic mass is 35.5. The van der Waals surface area contributed by atoms with Gasteiger partial charge in [-0.3, -0.25) is 0 Å². The highest BCUT2D eigenvalue weighted by Crippen LogP contribution is 2.48. The first-order chi connectivity index (χ1) is 13.7. The monoisotopic (exact) mass is 410 g/mol. The zero-order chi connectivity index (χ0) is 19.1. The van der Waals surface area contributed by atoms with Gasteiger partial charge in [-0.25, -0.2) is 5.01 Å². The summed E-state index contributed by atoms with van der Waals surface area (Å²) in [5, 5.41) is 9.83. The Hall–Kier alpha value is -2.50. The molecular weight excluding hydrogens is 392 g/mol. The lowest BCUT2D eigenvalue weighted by Crippen LogP contribution is -2.33. The van der Waals surface area contributed by atoms with E-state index in [1.165, 1.54) is 4.88 Å². The third-order valence-electron chi connectivity index (χ3n) is 5.03. The third-order valence-corrected chi connectivity index (χ3v) is 6.19. The lowest BCUT2D eigenvalue weighted by molar-refractivity contribution is -0.0190. The summed E-state index contributed by atoms with van der Waals surface area (Å²) in [7, 11) is 0. The Morgan fingerprint density at radius 3 is 2.82 bits per heavy atom. The number of nitrogens with zero attached hydrogens (tertiary/aromatic N) is 2. The zero-order valence-electron chi connectivity index (χ0n) is 15.3. The Morgan fingerprint density at radius 1 is 1.21 bits per heavy atom. The van der Waals surface area contributed by atoms with E-state index < -0.39 is 0 Å². The summed E-state index contributed by atoms with van der Waals surface area (Å²) >= 11 is 7.99. The first-order valence-electron chi connectivity index (χ1n) is 9.31. The van der Waals surface area contributed by atoms with Gasteiger partial charge in [-0.15, -0.1) is 11.3 Å². The molecular formula is C22H19ClN2O2S. The van der Waals surface area contributed by atoms with E-state index in [2.05, 4.69) is 22.5 Å². The molecule has 0 aliphatic carbocycles. The molecule has 2 aliphatic rings. The number of hydrogen-bond donors (Lipinski definition) is 0. The number of fused-ring (bicyclic) bond motifs is 3.